The lowest BCUT2D eigenvalue weighted by Crippen LogP contribution is -0.482. The van der Waals surface area contributed by atoms with E-state index >= 15 is 0 Å². The van der Waals surface area contributed by atoms with E-state index in [1.807, 2.05) is 0 Å². The van der Waals surface area contributed by atoms with Gasteiger partial charge in [-0.1, -0.05) is 14.9 Å². The molecule has 9 heteroatoms. The van der Waals surface area contributed by atoms with Crippen LogP contribution in [0.2, 0.25) is 0 Å². The van der Waals surface area contributed by atoms with Crippen molar-refractivity contribution < 1.29 is 6.13 Å². The normalized spacial score (nSPS) is 2.55. The fourth-order valence-corrected chi connectivity index (χ4v) is 0. The van der Waals surface area contributed by atoms with E-state index in [1.165, 1.54) is 0 Å². The third kappa shape index (κ3) is 686. The van der Waals surface area contributed by atoms with E-state index in [0.717, 1.165) is 0 Å². The predicted octanol–water partition coefficient (Wildman–Crippen LogP) is 2.77. The summed E-state index contributed by atoms with van der Waals surface area (Å²) < 4.78 is 21.8. The fourth-order valence-electron chi connectivity index (χ4n) is 0. The Morgan fingerprint density at radius 2 is 0.636 bits per heavy atom. The molecule has 0 spiro atoms. The zero-order valence-corrected chi connectivity index (χ0v) is 8.60. The van der Waals surface area contributed by atoms with Crippen molar-refractivity contribution in [3.8, 4) is 0 Å². The fraction of sp³-hybridized carbons (Fsp3) is 1.00. The summed E-state index contributed by atoms with van der Waals surface area (Å²) in [5.74, 6) is 0. The minimum Gasteiger partial charge on any atom is -0.344 e. The molecule has 4 nitrogen and oxygen atoms in total. The summed E-state index contributed by atoms with van der Waals surface area (Å²) in [6, 6.07) is 0. The molecule has 0 saturated carbocycles. The van der Waals surface area contributed by atoms with Crippen molar-refractivity contribution in [2.75, 3.05) is 0 Å². The molecule has 0 aliphatic rings. The highest BCUT2D eigenvalue weighted by Crippen LogP contribution is 0.651. The van der Waals surface area contributed by atoms with Crippen molar-refractivity contribution in [2.45, 2.75) is 14.9 Å². The first-order valence-electron chi connectivity index (χ1n) is 1.79. The van der Waals surface area contributed by atoms with Crippen LogP contribution in [0.25, 0.3) is 0 Å². The third-order valence-corrected chi connectivity index (χ3v) is 0. The molecule has 0 atom stereocenters. The first-order valence-corrected chi connectivity index (χ1v) is 0. The second-order valence-electron chi connectivity index (χ2n) is 0. The highest BCUT2D eigenvalue weighted by atomic mass is 32.1. The summed E-state index contributed by atoms with van der Waals surface area (Å²) in [6.07, 6.45) is 0. The molecule has 12 N–H and O–H groups in total. The molecule has 0 radical (unpaired) electrons. The van der Waals surface area contributed by atoms with Gasteiger partial charge in [-0.25, -0.2) is 0 Å². The SMILES string of the molecule is C.C.F.N.N.N.N.[2HH].[2H]S.[2H]S.[2H]S.[2H]S. The molecule has 0 aliphatic carbocycles. The van der Waals surface area contributed by atoms with Gasteiger partial charge in [-0.2, -0.15) is 53.6 Å². The zero-order chi connectivity index (χ0) is 8.00. The van der Waals surface area contributed by atoms with Crippen molar-refractivity contribution in [1.82, 2.24) is 24.6 Å². The average Bonchev–Trinajstić information content (AvgIpc) is 2.03. The smallest absolute Gasteiger partial charge is 0.0985 e. The Bertz CT molecular complexity index is 34.4. The van der Waals surface area contributed by atoms with Crippen LogP contribution >= 0.6 is 53.6 Å². The molecule has 0 amide bonds. The molecule has 0 heterocycles. The molecule has 0 bridgehead atoms. The molecular formula is C2H31FN4S4. The molecule has 0 saturated heterocycles. The van der Waals surface area contributed by atoms with Gasteiger partial charge in [0.2, 0.25) is 0 Å². The Labute approximate surface area is 104 Å². The van der Waals surface area contributed by atoms with Gasteiger partial charge in [-0.3, -0.25) is 4.70 Å². The molecule has 0 aliphatic heterocycles. The molecule has 0 unspecified atom stereocenters. The standard InChI is InChI=1S/2CH4.FH.4H3N.4H2S.H2/h2*1H4;1H;4*1H3;4*1H2;1H/i;;;;;;;;;;;1+1/hD4. The topological polar surface area (TPSA) is 140 Å². The second-order valence-corrected chi connectivity index (χ2v) is 0. The number of hydrogen-bond donors (Lipinski definition) is 4. The maximum Gasteiger partial charge on any atom is 0.0985 e. The minimum absolute atomic E-state index is 0. The first kappa shape index (κ1) is 56.8. The summed E-state index contributed by atoms with van der Waals surface area (Å²) in [6.45, 7) is 0. The van der Waals surface area contributed by atoms with E-state index in [-0.39, 0.29) is 45.6 Å². The minimum atomic E-state index is 0. The van der Waals surface area contributed by atoms with Gasteiger partial charge in [-0.05, 0) is 0 Å². The maximum absolute atomic E-state index is 5.44. The van der Waals surface area contributed by atoms with Gasteiger partial charge < -0.3 is 24.6 Å². The molecule has 0 rings (SSSR count). The highest BCUT2D eigenvalue weighted by molar-refractivity contribution is 7.59. The molecule has 0 aromatic rings. The van der Waals surface area contributed by atoms with Crippen LogP contribution in [0.4, 0.5) is 4.70 Å². The third-order valence-electron chi connectivity index (χ3n) is 0. The van der Waals surface area contributed by atoms with Crippen LogP contribution in [0, 0.1) is 0 Å². The van der Waals surface area contributed by atoms with Gasteiger partial charge >= 0.3 is 0 Å². The van der Waals surface area contributed by atoms with Gasteiger partial charge in [0.1, 0.15) is 0 Å². The van der Waals surface area contributed by atoms with Crippen LogP contribution in [-0.2, 0) is 0 Å². The van der Waals surface area contributed by atoms with Crippen LogP contribution in [0.3, 0.4) is 0 Å². The van der Waals surface area contributed by atoms with Crippen LogP contribution in [-0.4, -0.2) is 4.50 Å². The van der Waals surface area contributed by atoms with E-state index in [0.29, 0.717) is 0 Å². The van der Waals surface area contributed by atoms with Gasteiger partial charge in [0.25, 0.3) is 0 Å². The van der Waals surface area contributed by atoms with E-state index in [9.17, 15) is 0 Å². The summed E-state index contributed by atoms with van der Waals surface area (Å²) >= 11 is 11.1. The lowest BCUT2D eigenvalue weighted by Gasteiger charge is -0.345. The van der Waals surface area contributed by atoms with Gasteiger partial charge in [-0.15, -0.1) is 0 Å². The zero-order valence-electron chi connectivity index (χ0n) is 9.03. The van der Waals surface area contributed by atoms with Crippen LogP contribution in [0.5, 0.6) is 0 Å². The molecule has 0 aromatic heterocycles. The molecule has 0 fully saturated rings. The quantitative estimate of drug-likeness (QED) is 0.533. The predicted molar refractivity (Wildman–Crippen MR) is 79.7 cm³/mol. The molecule has 11 heavy (non-hydrogen) atoms. The Morgan fingerprint density at radius 1 is 0.636 bits per heavy atom. The summed E-state index contributed by atoms with van der Waals surface area (Å²) in [7, 11) is 0. The van der Waals surface area contributed by atoms with Gasteiger partial charge in [0.05, 0.1) is 4.50 Å². The van der Waals surface area contributed by atoms with E-state index < -0.39 is 0 Å². The van der Waals surface area contributed by atoms with Crippen molar-refractivity contribution in [1.29, 1.82) is 4.50 Å². The van der Waals surface area contributed by atoms with E-state index in [4.69, 9.17) is 4.50 Å². The van der Waals surface area contributed by atoms with Gasteiger partial charge in [0.15, 0.2) is 0 Å². The largest absolute Gasteiger partial charge is 0.344 e. The van der Waals surface area contributed by atoms with E-state index in [2.05, 4.69) is 53.6 Å². The van der Waals surface area contributed by atoms with Crippen LogP contribution in [0.15, 0.2) is 0 Å². The molecule has 90 valence electrons. The van der Waals surface area contributed by atoms with Crippen molar-refractivity contribution >= 4 is 53.6 Å². The van der Waals surface area contributed by atoms with Gasteiger partial charge in [0, 0.05) is 1.43 Å². The van der Waals surface area contributed by atoms with Crippen LogP contribution in [0.1, 0.15) is 16.3 Å². The Kier molecular flexibility index (Phi) is 4360. The van der Waals surface area contributed by atoms with E-state index in [1.54, 1.807) is 0 Å². The Hall–Kier alpha value is 1.17. The lowest BCUT2D eigenvalue weighted by atomic mass is 12.0. The maximum atomic E-state index is 5.44. The van der Waals surface area contributed by atoms with Crippen molar-refractivity contribution in [3.05, 3.63) is 0 Å². The molecule has 0 aromatic carbocycles. The highest BCUT2D eigenvalue weighted by Gasteiger charge is -0.0764. The number of halogens is 1. The monoisotopic (exact) mass is 263 g/mol. The summed E-state index contributed by atoms with van der Waals surface area (Å²) in [5, 5.41) is 0. The summed E-state index contributed by atoms with van der Waals surface area (Å²) in [4.78, 5) is 0. The Balaban J connectivity index is -0.00000000114. The second kappa shape index (κ2) is 844. The molecular weight excluding hydrogens is 227 g/mol. The number of rotatable bonds is 0. The Morgan fingerprint density at radius 3 is 0.636 bits per heavy atom. The summed E-state index contributed by atoms with van der Waals surface area (Å²) in [5.41, 5.74) is 0. The number of hydrogen-bond acceptors (Lipinski definition) is 4. The van der Waals surface area contributed by atoms with Crippen molar-refractivity contribution in [2.24, 2.45) is 0 Å². The lowest BCUT2D eigenvalue weighted by molar-refractivity contribution is 1.11. The average molecular weight is 264 g/mol. The van der Waals surface area contributed by atoms with Crippen molar-refractivity contribution in [3.63, 3.8) is 0 Å². The first-order chi connectivity index (χ1) is 4.00. The van der Waals surface area contributed by atoms with Crippen LogP contribution < -0.4 is 24.6 Å².